The number of nitrogens with zero attached hydrogens (tertiary/aromatic N) is 1. The quantitative estimate of drug-likeness (QED) is 0.760. The fourth-order valence-corrected chi connectivity index (χ4v) is 1.51. The van der Waals surface area contributed by atoms with E-state index in [-0.39, 0.29) is 11.5 Å². The highest BCUT2D eigenvalue weighted by Crippen LogP contribution is 2.38. The molecule has 14 heavy (non-hydrogen) atoms. The largest absolute Gasteiger partial charge is 0.390 e. The standard InChI is InChI=1S/C10H12FNO2/c11-8-5-12-4-3-7(8)10(14)9(13)6-1-2-6/h3-6,9-10,13-14H,1-2H2. The van der Waals surface area contributed by atoms with Gasteiger partial charge in [-0.2, -0.15) is 0 Å². The third kappa shape index (κ3) is 1.76. The number of aromatic nitrogens is 1. The van der Waals surface area contributed by atoms with Crippen LogP contribution in [0.5, 0.6) is 0 Å². The van der Waals surface area contributed by atoms with Crippen LogP contribution in [-0.4, -0.2) is 21.3 Å². The first kappa shape index (κ1) is 9.55. The van der Waals surface area contributed by atoms with Gasteiger partial charge in [-0.05, 0) is 24.8 Å². The third-order valence-electron chi connectivity index (χ3n) is 2.55. The smallest absolute Gasteiger partial charge is 0.147 e. The number of rotatable bonds is 3. The molecule has 1 aromatic heterocycles. The summed E-state index contributed by atoms with van der Waals surface area (Å²) in [4.78, 5) is 3.58. The second kappa shape index (κ2) is 3.63. The van der Waals surface area contributed by atoms with E-state index in [4.69, 9.17) is 0 Å². The first-order valence-electron chi connectivity index (χ1n) is 4.65. The lowest BCUT2D eigenvalue weighted by molar-refractivity contribution is 0.00284. The summed E-state index contributed by atoms with van der Waals surface area (Å²) >= 11 is 0. The van der Waals surface area contributed by atoms with Crippen LogP contribution in [0.4, 0.5) is 4.39 Å². The third-order valence-corrected chi connectivity index (χ3v) is 2.55. The van der Waals surface area contributed by atoms with Gasteiger partial charge < -0.3 is 10.2 Å². The minimum atomic E-state index is -1.13. The maximum absolute atomic E-state index is 13.2. The summed E-state index contributed by atoms with van der Waals surface area (Å²) in [6.45, 7) is 0. The summed E-state index contributed by atoms with van der Waals surface area (Å²) in [6.07, 6.45) is 2.27. The van der Waals surface area contributed by atoms with Crippen molar-refractivity contribution in [2.24, 2.45) is 5.92 Å². The van der Waals surface area contributed by atoms with Gasteiger partial charge in [-0.1, -0.05) is 0 Å². The second-order valence-corrected chi connectivity index (χ2v) is 3.67. The van der Waals surface area contributed by atoms with Crippen LogP contribution in [0.25, 0.3) is 0 Å². The lowest BCUT2D eigenvalue weighted by Crippen LogP contribution is -2.21. The predicted molar refractivity (Wildman–Crippen MR) is 47.9 cm³/mol. The number of hydrogen-bond acceptors (Lipinski definition) is 3. The summed E-state index contributed by atoms with van der Waals surface area (Å²) in [6, 6.07) is 1.39. The maximum Gasteiger partial charge on any atom is 0.147 e. The Hall–Kier alpha value is -1.00. The molecular formula is C10H12FNO2. The number of hydrogen-bond donors (Lipinski definition) is 2. The highest BCUT2D eigenvalue weighted by atomic mass is 19.1. The number of pyridine rings is 1. The van der Waals surface area contributed by atoms with E-state index in [0.717, 1.165) is 19.0 Å². The number of aliphatic hydroxyl groups is 2. The average molecular weight is 197 g/mol. The fraction of sp³-hybridized carbons (Fsp3) is 0.500. The van der Waals surface area contributed by atoms with E-state index in [1.54, 1.807) is 0 Å². The summed E-state index contributed by atoms with van der Waals surface area (Å²) in [5, 5.41) is 19.3. The topological polar surface area (TPSA) is 53.4 Å². The average Bonchev–Trinajstić information content (AvgIpc) is 3.00. The summed E-state index contributed by atoms with van der Waals surface area (Å²) in [5.74, 6) is -0.447. The van der Waals surface area contributed by atoms with Crippen molar-refractivity contribution in [3.63, 3.8) is 0 Å². The van der Waals surface area contributed by atoms with Crippen LogP contribution >= 0.6 is 0 Å². The van der Waals surface area contributed by atoms with Gasteiger partial charge in [0.05, 0.1) is 12.3 Å². The van der Waals surface area contributed by atoms with Gasteiger partial charge in [-0.25, -0.2) is 4.39 Å². The predicted octanol–water partition coefficient (Wildman–Crippen LogP) is 1.02. The summed E-state index contributed by atoms with van der Waals surface area (Å²) < 4.78 is 13.2. The van der Waals surface area contributed by atoms with E-state index in [9.17, 15) is 14.6 Å². The Labute approximate surface area is 81.2 Å². The molecule has 1 aromatic rings. The van der Waals surface area contributed by atoms with Crippen LogP contribution in [0.2, 0.25) is 0 Å². The second-order valence-electron chi connectivity index (χ2n) is 3.67. The molecule has 0 amide bonds. The highest BCUT2D eigenvalue weighted by molar-refractivity contribution is 5.17. The van der Waals surface area contributed by atoms with E-state index in [0.29, 0.717) is 0 Å². The Morgan fingerprint density at radius 2 is 2.14 bits per heavy atom. The highest BCUT2D eigenvalue weighted by Gasteiger charge is 2.35. The number of aliphatic hydroxyl groups excluding tert-OH is 2. The van der Waals surface area contributed by atoms with E-state index in [1.807, 2.05) is 0 Å². The molecular weight excluding hydrogens is 185 g/mol. The van der Waals surface area contributed by atoms with Gasteiger partial charge in [0, 0.05) is 11.8 Å². The molecule has 0 spiro atoms. The summed E-state index contributed by atoms with van der Waals surface area (Å²) in [7, 11) is 0. The van der Waals surface area contributed by atoms with Crippen molar-refractivity contribution < 1.29 is 14.6 Å². The van der Waals surface area contributed by atoms with Gasteiger partial charge in [0.25, 0.3) is 0 Å². The van der Waals surface area contributed by atoms with Gasteiger partial charge >= 0.3 is 0 Å². The van der Waals surface area contributed by atoms with Crippen molar-refractivity contribution in [2.45, 2.75) is 25.0 Å². The fourth-order valence-electron chi connectivity index (χ4n) is 1.51. The summed E-state index contributed by atoms with van der Waals surface area (Å²) in [5.41, 5.74) is 0.124. The lowest BCUT2D eigenvalue weighted by atomic mass is 10.0. The van der Waals surface area contributed by atoms with Crippen molar-refractivity contribution in [3.05, 3.63) is 29.8 Å². The molecule has 1 aliphatic carbocycles. The van der Waals surface area contributed by atoms with Crippen molar-refractivity contribution in [2.75, 3.05) is 0 Å². The van der Waals surface area contributed by atoms with E-state index in [2.05, 4.69) is 4.98 Å². The molecule has 0 bridgehead atoms. The van der Waals surface area contributed by atoms with Crippen LogP contribution < -0.4 is 0 Å². The van der Waals surface area contributed by atoms with Crippen LogP contribution in [0, 0.1) is 11.7 Å². The van der Waals surface area contributed by atoms with Crippen molar-refractivity contribution in [1.82, 2.24) is 4.98 Å². The molecule has 1 saturated carbocycles. The molecule has 1 aliphatic rings. The van der Waals surface area contributed by atoms with Gasteiger partial charge in [0.15, 0.2) is 0 Å². The Bertz CT molecular complexity index is 328. The van der Waals surface area contributed by atoms with Gasteiger partial charge in [-0.15, -0.1) is 0 Å². The molecule has 3 nitrogen and oxygen atoms in total. The molecule has 0 aromatic carbocycles. The molecule has 4 heteroatoms. The van der Waals surface area contributed by atoms with Gasteiger partial charge in [0.1, 0.15) is 11.9 Å². The van der Waals surface area contributed by atoms with E-state index >= 15 is 0 Å². The molecule has 1 heterocycles. The normalized spacial score (nSPS) is 20.5. The van der Waals surface area contributed by atoms with Crippen LogP contribution in [-0.2, 0) is 0 Å². The molecule has 76 valence electrons. The Morgan fingerprint density at radius 3 is 2.71 bits per heavy atom. The molecule has 0 radical (unpaired) electrons. The molecule has 2 unspecified atom stereocenters. The monoisotopic (exact) mass is 197 g/mol. The van der Waals surface area contributed by atoms with Crippen LogP contribution in [0.1, 0.15) is 24.5 Å². The van der Waals surface area contributed by atoms with Crippen LogP contribution in [0.3, 0.4) is 0 Å². The maximum atomic E-state index is 13.2. The minimum Gasteiger partial charge on any atom is -0.390 e. The first-order chi connectivity index (χ1) is 6.70. The van der Waals surface area contributed by atoms with Crippen molar-refractivity contribution in [3.8, 4) is 0 Å². The molecule has 1 fully saturated rings. The molecule has 2 rings (SSSR count). The molecule has 0 saturated heterocycles. The Balaban J connectivity index is 2.17. The SMILES string of the molecule is OC(c1ccncc1F)C(O)C1CC1. The van der Waals surface area contributed by atoms with Gasteiger partial charge in [0.2, 0.25) is 0 Å². The molecule has 0 aliphatic heterocycles. The number of halogens is 1. The first-order valence-corrected chi connectivity index (χ1v) is 4.65. The lowest BCUT2D eigenvalue weighted by Gasteiger charge is -2.17. The zero-order chi connectivity index (χ0) is 10.1. The zero-order valence-electron chi connectivity index (χ0n) is 7.60. The van der Waals surface area contributed by atoms with Crippen LogP contribution in [0.15, 0.2) is 18.5 Å². The Morgan fingerprint density at radius 1 is 1.43 bits per heavy atom. The van der Waals surface area contributed by atoms with Crippen molar-refractivity contribution in [1.29, 1.82) is 0 Å². The van der Waals surface area contributed by atoms with Gasteiger partial charge in [-0.3, -0.25) is 4.98 Å². The molecule has 2 atom stereocenters. The Kier molecular flexibility index (Phi) is 2.48. The molecule has 2 N–H and O–H groups in total. The minimum absolute atomic E-state index is 0.123. The zero-order valence-corrected chi connectivity index (χ0v) is 7.60. The van der Waals surface area contributed by atoms with E-state index in [1.165, 1.54) is 12.3 Å². The van der Waals surface area contributed by atoms with Crippen molar-refractivity contribution >= 4 is 0 Å². The van der Waals surface area contributed by atoms with E-state index < -0.39 is 18.0 Å².